The SMILES string of the molecule is O=S(=O)(NCCSc1ccc(Cl)cc1)c1ccc(F)c(F)c1. The largest absolute Gasteiger partial charge is 0.240 e. The number of nitrogens with one attached hydrogen (secondary N) is 1. The number of hydrogen-bond acceptors (Lipinski definition) is 3. The van der Waals surface area contributed by atoms with Crippen LogP contribution >= 0.6 is 23.4 Å². The Morgan fingerprint density at radius 1 is 1.05 bits per heavy atom. The lowest BCUT2D eigenvalue weighted by Gasteiger charge is -2.07. The van der Waals surface area contributed by atoms with E-state index in [9.17, 15) is 17.2 Å². The van der Waals surface area contributed by atoms with Crippen LogP contribution in [0.5, 0.6) is 0 Å². The molecule has 2 aromatic rings. The molecule has 0 bridgehead atoms. The molecule has 0 amide bonds. The van der Waals surface area contributed by atoms with Gasteiger partial charge in [-0.05, 0) is 42.5 Å². The van der Waals surface area contributed by atoms with E-state index >= 15 is 0 Å². The van der Waals surface area contributed by atoms with Crippen LogP contribution in [0.2, 0.25) is 5.02 Å². The Balaban J connectivity index is 1.89. The summed E-state index contributed by atoms with van der Waals surface area (Å²) >= 11 is 7.22. The molecule has 3 nitrogen and oxygen atoms in total. The van der Waals surface area contributed by atoms with Crippen molar-refractivity contribution < 1.29 is 17.2 Å². The van der Waals surface area contributed by atoms with Crippen molar-refractivity contribution in [3.63, 3.8) is 0 Å². The molecule has 0 aliphatic heterocycles. The Bertz CT molecular complexity index is 752. The molecule has 0 spiro atoms. The zero-order valence-corrected chi connectivity index (χ0v) is 13.6. The normalized spacial score (nSPS) is 11.6. The van der Waals surface area contributed by atoms with Crippen molar-refractivity contribution in [1.29, 1.82) is 0 Å². The Hall–Kier alpha value is -1.15. The second-order valence-electron chi connectivity index (χ2n) is 4.28. The first kappa shape index (κ1) is 17.2. The van der Waals surface area contributed by atoms with Crippen molar-refractivity contribution in [2.24, 2.45) is 0 Å². The van der Waals surface area contributed by atoms with Gasteiger partial charge in [-0.15, -0.1) is 11.8 Å². The zero-order chi connectivity index (χ0) is 16.2. The number of hydrogen-bond donors (Lipinski definition) is 1. The smallest absolute Gasteiger partial charge is 0.210 e. The maximum absolute atomic E-state index is 13.1. The summed E-state index contributed by atoms with van der Waals surface area (Å²) in [6.45, 7) is 0.161. The summed E-state index contributed by atoms with van der Waals surface area (Å²) in [5, 5.41) is 0.628. The predicted molar refractivity (Wildman–Crippen MR) is 83.7 cm³/mol. The minimum absolute atomic E-state index is 0.161. The van der Waals surface area contributed by atoms with E-state index in [2.05, 4.69) is 4.72 Å². The molecule has 1 N–H and O–H groups in total. The van der Waals surface area contributed by atoms with Crippen LogP contribution in [0.25, 0.3) is 0 Å². The predicted octanol–water partition coefficient (Wildman–Crippen LogP) is 3.69. The van der Waals surface area contributed by atoms with Gasteiger partial charge in [0, 0.05) is 22.2 Å². The van der Waals surface area contributed by atoms with Crippen LogP contribution in [0.1, 0.15) is 0 Å². The van der Waals surface area contributed by atoms with Crippen molar-refractivity contribution in [3.05, 3.63) is 59.1 Å². The van der Waals surface area contributed by atoms with Crippen LogP contribution in [-0.2, 0) is 10.0 Å². The molecule has 2 rings (SSSR count). The summed E-state index contributed by atoms with van der Waals surface area (Å²) < 4.78 is 52.1. The van der Waals surface area contributed by atoms with Crippen molar-refractivity contribution >= 4 is 33.4 Å². The third-order valence-electron chi connectivity index (χ3n) is 2.68. The van der Waals surface area contributed by atoms with Gasteiger partial charge >= 0.3 is 0 Å². The maximum atomic E-state index is 13.1. The Morgan fingerprint density at radius 3 is 2.36 bits per heavy atom. The lowest BCUT2D eigenvalue weighted by molar-refractivity contribution is 0.504. The Kier molecular flexibility index (Phi) is 5.80. The lowest BCUT2D eigenvalue weighted by atomic mass is 10.3. The van der Waals surface area contributed by atoms with E-state index in [-0.39, 0.29) is 11.4 Å². The molecule has 0 unspecified atom stereocenters. The highest BCUT2D eigenvalue weighted by molar-refractivity contribution is 7.99. The van der Waals surface area contributed by atoms with Crippen molar-refractivity contribution in [2.75, 3.05) is 12.3 Å². The summed E-state index contributed by atoms with van der Waals surface area (Å²) in [6, 6.07) is 9.61. The van der Waals surface area contributed by atoms with Crippen molar-refractivity contribution in [3.8, 4) is 0 Å². The van der Waals surface area contributed by atoms with E-state index < -0.39 is 21.7 Å². The molecule has 0 saturated heterocycles. The average molecular weight is 364 g/mol. The number of benzene rings is 2. The first-order chi connectivity index (χ1) is 10.4. The highest BCUT2D eigenvalue weighted by Gasteiger charge is 2.15. The number of sulfonamides is 1. The van der Waals surface area contributed by atoms with Crippen LogP contribution in [0, 0.1) is 11.6 Å². The standard InChI is InChI=1S/C14H12ClF2NO2S2/c15-10-1-3-11(4-2-10)21-8-7-18-22(19,20)12-5-6-13(16)14(17)9-12/h1-6,9,18H,7-8H2. The fourth-order valence-electron chi connectivity index (χ4n) is 1.60. The van der Waals surface area contributed by atoms with E-state index in [0.29, 0.717) is 16.8 Å². The van der Waals surface area contributed by atoms with Crippen molar-refractivity contribution in [1.82, 2.24) is 4.72 Å². The minimum atomic E-state index is -3.85. The third-order valence-corrected chi connectivity index (χ3v) is 5.40. The quantitative estimate of drug-likeness (QED) is 0.629. The topological polar surface area (TPSA) is 46.2 Å². The van der Waals surface area contributed by atoms with E-state index in [4.69, 9.17) is 11.6 Å². The number of halogens is 3. The Morgan fingerprint density at radius 2 is 1.73 bits per heavy atom. The number of thioether (sulfide) groups is 1. The number of rotatable bonds is 6. The molecule has 2 aromatic carbocycles. The summed E-state index contributed by atoms with van der Waals surface area (Å²) in [5.41, 5.74) is 0. The molecular formula is C14H12ClF2NO2S2. The molecule has 0 saturated carbocycles. The molecule has 0 aliphatic rings. The minimum Gasteiger partial charge on any atom is -0.210 e. The van der Waals surface area contributed by atoms with E-state index in [1.54, 1.807) is 12.1 Å². The fourth-order valence-corrected chi connectivity index (χ4v) is 3.67. The van der Waals surface area contributed by atoms with Gasteiger partial charge in [0.25, 0.3) is 0 Å². The van der Waals surface area contributed by atoms with Gasteiger partial charge in [0.05, 0.1) is 4.90 Å². The monoisotopic (exact) mass is 363 g/mol. The second-order valence-corrected chi connectivity index (χ2v) is 7.65. The van der Waals surface area contributed by atoms with Gasteiger partial charge in [0.1, 0.15) is 0 Å². The van der Waals surface area contributed by atoms with Gasteiger partial charge < -0.3 is 0 Å². The second kappa shape index (κ2) is 7.41. The van der Waals surface area contributed by atoms with Gasteiger partial charge in [-0.3, -0.25) is 0 Å². The molecular weight excluding hydrogens is 352 g/mol. The van der Waals surface area contributed by atoms with Gasteiger partial charge in [-0.1, -0.05) is 11.6 Å². The van der Waals surface area contributed by atoms with Crippen molar-refractivity contribution in [2.45, 2.75) is 9.79 Å². The van der Waals surface area contributed by atoms with E-state index in [1.165, 1.54) is 11.8 Å². The van der Waals surface area contributed by atoms with Crippen LogP contribution < -0.4 is 4.72 Å². The maximum Gasteiger partial charge on any atom is 0.240 e. The van der Waals surface area contributed by atoms with Crippen LogP contribution in [-0.4, -0.2) is 20.7 Å². The first-order valence-electron chi connectivity index (χ1n) is 6.21. The van der Waals surface area contributed by atoms with Gasteiger partial charge in [-0.25, -0.2) is 21.9 Å². The molecule has 22 heavy (non-hydrogen) atoms. The molecule has 0 atom stereocenters. The average Bonchev–Trinajstić information content (AvgIpc) is 2.48. The summed E-state index contributed by atoms with van der Waals surface area (Å²) in [7, 11) is -3.85. The lowest BCUT2D eigenvalue weighted by Crippen LogP contribution is -2.26. The van der Waals surface area contributed by atoms with Crippen LogP contribution in [0.3, 0.4) is 0 Å². The van der Waals surface area contributed by atoms with E-state index in [1.807, 2.05) is 12.1 Å². The molecule has 8 heteroatoms. The molecule has 0 radical (unpaired) electrons. The molecule has 0 heterocycles. The zero-order valence-electron chi connectivity index (χ0n) is 11.2. The summed E-state index contributed by atoms with van der Waals surface area (Å²) in [4.78, 5) is 0.652. The molecule has 0 aromatic heterocycles. The highest BCUT2D eigenvalue weighted by atomic mass is 35.5. The first-order valence-corrected chi connectivity index (χ1v) is 9.06. The van der Waals surface area contributed by atoms with Gasteiger partial charge in [0.15, 0.2) is 11.6 Å². The summed E-state index contributed by atoms with van der Waals surface area (Å²) in [5.74, 6) is -1.79. The molecule has 0 fully saturated rings. The van der Waals surface area contributed by atoms with Gasteiger partial charge in [-0.2, -0.15) is 0 Å². The Labute approximate surface area is 136 Å². The van der Waals surface area contributed by atoms with Crippen LogP contribution in [0.15, 0.2) is 52.3 Å². The highest BCUT2D eigenvalue weighted by Crippen LogP contribution is 2.20. The fraction of sp³-hybridized carbons (Fsp3) is 0.143. The van der Waals surface area contributed by atoms with Crippen LogP contribution in [0.4, 0.5) is 8.78 Å². The summed E-state index contributed by atoms with van der Waals surface area (Å²) in [6.07, 6.45) is 0. The molecule has 0 aliphatic carbocycles. The van der Waals surface area contributed by atoms with Gasteiger partial charge in [0.2, 0.25) is 10.0 Å². The van der Waals surface area contributed by atoms with E-state index in [0.717, 1.165) is 17.0 Å². The third kappa shape index (κ3) is 4.67. The molecule has 118 valence electrons.